The van der Waals surface area contributed by atoms with Crippen molar-refractivity contribution < 1.29 is 50.4 Å². The van der Waals surface area contributed by atoms with Crippen LogP contribution in [0.3, 0.4) is 0 Å². The molecular weight excluding hydrogens is 149 g/mol. The number of nitrogens with zero attached hydrogens (tertiary/aromatic N) is 1. The van der Waals surface area contributed by atoms with Crippen molar-refractivity contribution in [3.05, 3.63) is 0 Å². The summed E-state index contributed by atoms with van der Waals surface area (Å²) >= 11 is 0. The van der Waals surface area contributed by atoms with E-state index in [0.29, 0.717) is 0 Å². The first kappa shape index (κ1) is 22.4. The first-order valence-electron chi connectivity index (χ1n) is 1.97. The van der Waals surface area contributed by atoms with Crippen molar-refractivity contribution in [2.24, 2.45) is 0 Å². The summed E-state index contributed by atoms with van der Waals surface area (Å²) in [6.07, 6.45) is 0. The second-order valence-electron chi connectivity index (χ2n) is 1.61. The van der Waals surface area contributed by atoms with Gasteiger partial charge in [-0.1, -0.05) is 0 Å². The molecule has 0 spiro atoms. The van der Waals surface area contributed by atoms with Crippen LogP contribution in [-0.4, -0.2) is 42.5 Å². The van der Waals surface area contributed by atoms with Gasteiger partial charge in [0.05, 0.1) is 5.97 Å². The van der Waals surface area contributed by atoms with Crippen molar-refractivity contribution in [2.75, 3.05) is 20.6 Å². The molecular formula is C4H12NNaO4. The Kier molecular flexibility index (Phi) is 27.1. The molecule has 5 nitrogen and oxygen atoms in total. The number of hydrogen-bond acceptors (Lipinski definition) is 3. The molecule has 6 heteroatoms. The first-order chi connectivity index (χ1) is 3.13. The van der Waals surface area contributed by atoms with Crippen LogP contribution in [0.2, 0.25) is 0 Å². The minimum absolute atomic E-state index is 0. The van der Waals surface area contributed by atoms with Gasteiger partial charge in [0.15, 0.2) is 0 Å². The fourth-order valence-corrected chi connectivity index (χ4v) is 0.258. The molecule has 0 aromatic rings. The Morgan fingerprint density at radius 2 is 1.70 bits per heavy atom. The van der Waals surface area contributed by atoms with Crippen LogP contribution in [0, 0.1) is 0 Å². The predicted molar refractivity (Wildman–Crippen MR) is 30.8 cm³/mol. The summed E-state index contributed by atoms with van der Waals surface area (Å²) in [6.45, 7) is 0. The molecule has 4 N–H and O–H groups in total. The van der Waals surface area contributed by atoms with Crippen LogP contribution in [0.25, 0.3) is 0 Å². The van der Waals surface area contributed by atoms with Crippen LogP contribution < -0.4 is 34.7 Å². The molecule has 0 atom stereocenters. The zero-order valence-electron chi connectivity index (χ0n) is 6.47. The molecule has 0 aromatic heterocycles. The fraction of sp³-hybridized carbons (Fsp3) is 0.750. The summed E-state index contributed by atoms with van der Waals surface area (Å²) < 4.78 is 0. The molecule has 0 aliphatic rings. The van der Waals surface area contributed by atoms with Gasteiger partial charge in [0.25, 0.3) is 0 Å². The standard InChI is InChI=1S/C4H9NO2.Na.2H2O/c1-5(2)3-4(6)7;;;/h3H2,1-2H3,(H,6,7);;2*1H2/q;+1;;/p-1. The van der Waals surface area contributed by atoms with Gasteiger partial charge in [-0.25, -0.2) is 0 Å². The normalized spacial score (nSPS) is 6.70. The van der Waals surface area contributed by atoms with E-state index in [9.17, 15) is 9.90 Å². The number of carboxylic acid groups (broad SMARTS) is 1. The van der Waals surface area contributed by atoms with Crippen molar-refractivity contribution in [1.82, 2.24) is 4.90 Å². The van der Waals surface area contributed by atoms with Gasteiger partial charge in [-0.3, -0.25) is 0 Å². The van der Waals surface area contributed by atoms with Gasteiger partial charge >= 0.3 is 29.6 Å². The van der Waals surface area contributed by atoms with Gasteiger partial charge in [-0.2, -0.15) is 0 Å². The Balaban J connectivity index is -0.0000000600. The minimum Gasteiger partial charge on any atom is -0.549 e. The van der Waals surface area contributed by atoms with E-state index in [0.717, 1.165) is 0 Å². The number of carboxylic acids is 1. The molecule has 0 saturated carbocycles. The molecule has 0 rings (SSSR count). The zero-order chi connectivity index (χ0) is 5.86. The molecule has 0 fully saturated rings. The third-order valence-electron chi connectivity index (χ3n) is 0.445. The average Bonchev–Trinajstić information content (AvgIpc) is 1.27. The Morgan fingerprint density at radius 3 is 1.70 bits per heavy atom. The molecule has 0 aromatic carbocycles. The van der Waals surface area contributed by atoms with Crippen LogP contribution in [0.1, 0.15) is 0 Å². The number of carbonyl (C=O) groups excluding carboxylic acids is 1. The number of likely N-dealkylation sites (N-methyl/N-ethyl adjacent to an activating group) is 1. The minimum atomic E-state index is -1.04. The monoisotopic (exact) mass is 161 g/mol. The number of aliphatic carboxylic acids is 1. The molecule has 0 unspecified atom stereocenters. The van der Waals surface area contributed by atoms with E-state index in [4.69, 9.17) is 0 Å². The summed E-state index contributed by atoms with van der Waals surface area (Å²) in [4.78, 5) is 11.2. The van der Waals surface area contributed by atoms with Crippen molar-refractivity contribution in [2.45, 2.75) is 0 Å². The molecule has 0 saturated heterocycles. The topological polar surface area (TPSA) is 106 Å². The zero-order valence-corrected chi connectivity index (χ0v) is 8.47. The van der Waals surface area contributed by atoms with Crippen molar-refractivity contribution in [3.63, 3.8) is 0 Å². The summed E-state index contributed by atoms with van der Waals surface area (Å²) in [5, 5.41) is 9.66. The third-order valence-corrected chi connectivity index (χ3v) is 0.445. The molecule has 0 radical (unpaired) electrons. The molecule has 0 bridgehead atoms. The van der Waals surface area contributed by atoms with Gasteiger partial charge in [-0.05, 0) is 14.1 Å². The Labute approximate surface area is 81.9 Å². The second-order valence-corrected chi connectivity index (χ2v) is 1.61. The molecule has 0 heterocycles. The molecule has 0 amide bonds. The molecule has 0 aliphatic heterocycles. The van der Waals surface area contributed by atoms with E-state index < -0.39 is 5.97 Å². The van der Waals surface area contributed by atoms with E-state index in [1.54, 1.807) is 14.1 Å². The number of rotatable bonds is 2. The number of carbonyl (C=O) groups is 1. The summed E-state index contributed by atoms with van der Waals surface area (Å²) in [7, 11) is 3.35. The van der Waals surface area contributed by atoms with E-state index >= 15 is 0 Å². The van der Waals surface area contributed by atoms with E-state index in [2.05, 4.69) is 0 Å². The molecule has 10 heavy (non-hydrogen) atoms. The summed E-state index contributed by atoms with van der Waals surface area (Å²) in [6, 6.07) is 0. The molecule has 58 valence electrons. The van der Waals surface area contributed by atoms with Gasteiger partial charge in [0.2, 0.25) is 0 Å². The van der Waals surface area contributed by atoms with Crippen LogP contribution in [-0.2, 0) is 4.79 Å². The number of hydrogen-bond donors (Lipinski definition) is 0. The van der Waals surface area contributed by atoms with Crippen LogP contribution in [0.15, 0.2) is 0 Å². The summed E-state index contributed by atoms with van der Waals surface area (Å²) in [5.41, 5.74) is 0. The third kappa shape index (κ3) is 23.8. The Morgan fingerprint density at radius 1 is 1.40 bits per heavy atom. The quantitative estimate of drug-likeness (QED) is 0.376. The average molecular weight is 161 g/mol. The van der Waals surface area contributed by atoms with Gasteiger partial charge in [-0.15, -0.1) is 0 Å². The van der Waals surface area contributed by atoms with Crippen LogP contribution in [0.4, 0.5) is 0 Å². The predicted octanol–water partition coefficient (Wildman–Crippen LogP) is -6.35. The van der Waals surface area contributed by atoms with Gasteiger partial charge in [0.1, 0.15) is 0 Å². The van der Waals surface area contributed by atoms with Crippen molar-refractivity contribution in [1.29, 1.82) is 0 Å². The first-order valence-corrected chi connectivity index (χ1v) is 1.97. The van der Waals surface area contributed by atoms with Crippen molar-refractivity contribution >= 4 is 5.97 Å². The van der Waals surface area contributed by atoms with Gasteiger partial charge in [0, 0.05) is 6.54 Å². The smallest absolute Gasteiger partial charge is 0.549 e. The van der Waals surface area contributed by atoms with Crippen molar-refractivity contribution in [3.8, 4) is 0 Å². The Hall–Kier alpha value is 0.350. The van der Waals surface area contributed by atoms with E-state index in [1.165, 1.54) is 4.90 Å². The SMILES string of the molecule is CN(C)CC(=O)[O-].O.O.[Na+]. The largest absolute Gasteiger partial charge is 1.00 e. The van der Waals surface area contributed by atoms with Crippen LogP contribution >= 0.6 is 0 Å². The Bertz CT molecular complexity index is 77.7. The molecule has 0 aliphatic carbocycles. The maximum atomic E-state index is 9.66. The van der Waals surface area contributed by atoms with Crippen LogP contribution in [0.5, 0.6) is 0 Å². The van der Waals surface area contributed by atoms with Gasteiger partial charge < -0.3 is 25.8 Å². The maximum absolute atomic E-state index is 9.66. The summed E-state index contributed by atoms with van der Waals surface area (Å²) in [5.74, 6) is -1.04. The fourth-order valence-electron chi connectivity index (χ4n) is 0.258. The van der Waals surface area contributed by atoms with E-state index in [-0.39, 0.29) is 47.1 Å². The second kappa shape index (κ2) is 12.1. The van der Waals surface area contributed by atoms with E-state index in [1.807, 2.05) is 0 Å². The maximum Gasteiger partial charge on any atom is 1.00 e.